The first kappa shape index (κ1) is 16.2. The molecule has 0 aliphatic rings. The predicted molar refractivity (Wildman–Crippen MR) is 83.6 cm³/mol. The van der Waals surface area contributed by atoms with E-state index in [4.69, 9.17) is 0 Å². The zero-order valence-corrected chi connectivity index (χ0v) is 13.7. The second kappa shape index (κ2) is 7.17. The summed E-state index contributed by atoms with van der Waals surface area (Å²) in [5.41, 5.74) is 0. The Hall–Kier alpha value is -1.22. The lowest BCUT2D eigenvalue weighted by Crippen LogP contribution is -2.27. The molecular weight excluding hydrogens is 308 g/mol. The van der Waals surface area contributed by atoms with Crippen LogP contribution in [0.15, 0.2) is 28.7 Å². The van der Waals surface area contributed by atoms with Gasteiger partial charge in [0.2, 0.25) is 10.0 Å². The van der Waals surface area contributed by atoms with Crippen molar-refractivity contribution in [3.05, 3.63) is 34.5 Å². The maximum atomic E-state index is 12.3. The Morgan fingerprint density at radius 3 is 2.95 bits per heavy atom. The number of aromatic nitrogens is 2. The van der Waals surface area contributed by atoms with Crippen LogP contribution in [0.3, 0.4) is 0 Å². The number of thiophene rings is 1. The number of imidazole rings is 1. The average molecular weight is 328 g/mol. The van der Waals surface area contributed by atoms with Crippen LogP contribution in [0.4, 0.5) is 0 Å². The lowest BCUT2D eigenvalue weighted by molar-refractivity contribution is 0.561. The van der Waals surface area contributed by atoms with Crippen molar-refractivity contribution in [1.82, 2.24) is 20.0 Å². The number of H-pyrrole nitrogens is 1. The molecule has 21 heavy (non-hydrogen) atoms. The molecule has 2 rings (SSSR count). The van der Waals surface area contributed by atoms with E-state index in [1.807, 2.05) is 0 Å². The second-order valence-corrected chi connectivity index (χ2v) is 7.45. The third-order valence-corrected chi connectivity index (χ3v) is 5.53. The topological polar surface area (TPSA) is 86.9 Å². The number of aromatic amines is 1. The van der Waals surface area contributed by atoms with Crippen LogP contribution in [0.5, 0.6) is 0 Å². The minimum atomic E-state index is -3.52. The molecule has 1 unspecified atom stereocenters. The highest BCUT2D eigenvalue weighted by atomic mass is 32.2. The van der Waals surface area contributed by atoms with E-state index in [1.165, 1.54) is 11.3 Å². The van der Waals surface area contributed by atoms with Crippen LogP contribution in [0.1, 0.15) is 37.0 Å². The van der Waals surface area contributed by atoms with Crippen molar-refractivity contribution in [2.75, 3.05) is 6.54 Å². The van der Waals surface area contributed by atoms with Crippen molar-refractivity contribution in [3.63, 3.8) is 0 Å². The fourth-order valence-electron chi connectivity index (χ4n) is 1.85. The monoisotopic (exact) mass is 328 g/mol. The number of nitrogens with one attached hydrogen (secondary N) is 3. The molecular formula is C13H20N4O2S2. The Bertz CT molecular complexity index is 650. The fraction of sp³-hybridized carbons (Fsp3) is 0.462. The standard InChI is InChI=1S/C13H20N4O2S2/c1-3-4-14-8-11-7-12(9-20-11)21(18,19)17-10(2)13-15-5-6-16-13/h5-7,9-10,14,17H,3-4,8H2,1-2H3,(H,15,16). The molecule has 2 aromatic heterocycles. The van der Waals surface area contributed by atoms with E-state index in [1.54, 1.807) is 30.8 Å². The molecule has 0 amide bonds. The lowest BCUT2D eigenvalue weighted by atomic mass is 10.3. The van der Waals surface area contributed by atoms with Crippen LogP contribution in [-0.4, -0.2) is 24.9 Å². The van der Waals surface area contributed by atoms with Gasteiger partial charge in [-0.1, -0.05) is 6.92 Å². The van der Waals surface area contributed by atoms with Gasteiger partial charge >= 0.3 is 0 Å². The Balaban J connectivity index is 2.02. The van der Waals surface area contributed by atoms with E-state index < -0.39 is 16.1 Å². The molecule has 0 spiro atoms. The molecule has 0 fully saturated rings. The predicted octanol–water partition coefficient (Wildman–Crippen LogP) is 2.01. The van der Waals surface area contributed by atoms with Crippen LogP contribution >= 0.6 is 11.3 Å². The van der Waals surface area contributed by atoms with Gasteiger partial charge in [-0.2, -0.15) is 0 Å². The Kier molecular flexibility index (Phi) is 5.51. The van der Waals surface area contributed by atoms with Gasteiger partial charge in [-0.05, 0) is 26.0 Å². The van der Waals surface area contributed by atoms with Crippen LogP contribution in [-0.2, 0) is 16.6 Å². The molecule has 2 heterocycles. The molecule has 6 nitrogen and oxygen atoms in total. The normalized spacial score (nSPS) is 13.4. The van der Waals surface area contributed by atoms with Crippen LogP contribution < -0.4 is 10.0 Å². The Labute approximate surface area is 129 Å². The summed E-state index contributed by atoms with van der Waals surface area (Å²) in [6.45, 7) is 5.47. The molecule has 0 aliphatic heterocycles. The zero-order valence-electron chi connectivity index (χ0n) is 12.1. The number of rotatable bonds is 8. The minimum Gasteiger partial charge on any atom is -0.347 e. The summed E-state index contributed by atoms with van der Waals surface area (Å²) in [5, 5.41) is 4.93. The second-order valence-electron chi connectivity index (χ2n) is 4.74. The quantitative estimate of drug-likeness (QED) is 0.647. The van der Waals surface area contributed by atoms with Gasteiger partial charge in [0.05, 0.1) is 10.9 Å². The van der Waals surface area contributed by atoms with Gasteiger partial charge in [0.25, 0.3) is 0 Å². The van der Waals surface area contributed by atoms with Crippen molar-refractivity contribution in [2.45, 2.75) is 37.8 Å². The lowest BCUT2D eigenvalue weighted by Gasteiger charge is -2.10. The van der Waals surface area contributed by atoms with Gasteiger partial charge in [0.15, 0.2) is 0 Å². The van der Waals surface area contributed by atoms with E-state index in [0.29, 0.717) is 17.3 Å². The largest absolute Gasteiger partial charge is 0.347 e. The molecule has 1 atom stereocenters. The van der Waals surface area contributed by atoms with Crippen molar-refractivity contribution in [3.8, 4) is 0 Å². The van der Waals surface area contributed by atoms with E-state index in [9.17, 15) is 8.42 Å². The zero-order chi connectivity index (χ0) is 15.3. The van der Waals surface area contributed by atoms with Crippen molar-refractivity contribution in [2.24, 2.45) is 0 Å². The first-order valence-electron chi connectivity index (χ1n) is 6.82. The molecule has 0 aliphatic carbocycles. The summed E-state index contributed by atoms with van der Waals surface area (Å²) in [6, 6.07) is 1.32. The summed E-state index contributed by atoms with van der Waals surface area (Å²) in [5.74, 6) is 0.596. The summed E-state index contributed by atoms with van der Waals surface area (Å²) in [7, 11) is -3.52. The first-order valence-corrected chi connectivity index (χ1v) is 9.19. The third kappa shape index (κ3) is 4.37. The van der Waals surface area contributed by atoms with Gasteiger partial charge in [-0.25, -0.2) is 18.1 Å². The molecule has 0 radical (unpaired) electrons. The summed E-state index contributed by atoms with van der Waals surface area (Å²) in [6.07, 6.45) is 4.32. The van der Waals surface area contributed by atoms with E-state index in [2.05, 4.69) is 26.9 Å². The molecule has 0 aromatic carbocycles. The molecule has 0 bridgehead atoms. The summed E-state index contributed by atoms with van der Waals surface area (Å²) >= 11 is 1.45. The third-order valence-electron chi connectivity index (χ3n) is 2.93. The molecule has 8 heteroatoms. The molecule has 0 saturated heterocycles. The van der Waals surface area contributed by atoms with E-state index >= 15 is 0 Å². The smallest absolute Gasteiger partial charge is 0.242 e. The van der Waals surface area contributed by atoms with Gasteiger partial charge < -0.3 is 10.3 Å². The van der Waals surface area contributed by atoms with Gasteiger partial charge in [-0.15, -0.1) is 11.3 Å². The van der Waals surface area contributed by atoms with Gasteiger partial charge in [-0.3, -0.25) is 0 Å². The highest BCUT2D eigenvalue weighted by Crippen LogP contribution is 2.21. The maximum Gasteiger partial charge on any atom is 0.242 e. The Morgan fingerprint density at radius 1 is 1.48 bits per heavy atom. The maximum absolute atomic E-state index is 12.3. The summed E-state index contributed by atoms with van der Waals surface area (Å²) in [4.78, 5) is 8.28. The van der Waals surface area contributed by atoms with Crippen LogP contribution in [0.2, 0.25) is 0 Å². The van der Waals surface area contributed by atoms with Crippen molar-refractivity contribution >= 4 is 21.4 Å². The minimum absolute atomic E-state index is 0.305. The van der Waals surface area contributed by atoms with Crippen LogP contribution in [0.25, 0.3) is 0 Å². The number of sulfonamides is 1. The molecule has 2 aromatic rings. The average Bonchev–Trinajstić information content (AvgIpc) is 3.10. The van der Waals surface area contributed by atoms with Gasteiger partial charge in [0, 0.05) is 29.2 Å². The fourth-order valence-corrected chi connectivity index (χ4v) is 4.31. The first-order chi connectivity index (χ1) is 10.0. The SMILES string of the molecule is CCCNCc1cc(S(=O)(=O)NC(C)c2ncc[nH]2)cs1. The van der Waals surface area contributed by atoms with E-state index in [-0.39, 0.29) is 0 Å². The highest BCUT2D eigenvalue weighted by molar-refractivity contribution is 7.89. The van der Waals surface area contributed by atoms with Gasteiger partial charge in [0.1, 0.15) is 5.82 Å². The molecule has 3 N–H and O–H groups in total. The number of nitrogens with zero attached hydrogens (tertiary/aromatic N) is 1. The highest BCUT2D eigenvalue weighted by Gasteiger charge is 2.20. The molecule has 0 saturated carbocycles. The molecule has 116 valence electrons. The summed E-state index contributed by atoms with van der Waals surface area (Å²) < 4.78 is 27.2. The van der Waals surface area contributed by atoms with Crippen molar-refractivity contribution in [1.29, 1.82) is 0 Å². The number of hydrogen-bond acceptors (Lipinski definition) is 5. The number of hydrogen-bond donors (Lipinski definition) is 3. The van der Waals surface area contributed by atoms with E-state index in [0.717, 1.165) is 17.8 Å². The van der Waals surface area contributed by atoms with Crippen LogP contribution in [0, 0.1) is 0 Å². The van der Waals surface area contributed by atoms with Crippen molar-refractivity contribution < 1.29 is 8.42 Å². The Morgan fingerprint density at radius 2 is 2.29 bits per heavy atom.